The number of ether oxygens (including phenoxy) is 1. The summed E-state index contributed by atoms with van der Waals surface area (Å²) in [5, 5.41) is 6.98. The number of carbonyl (C=O) groups is 2. The molecule has 1 amide bonds. The molecule has 0 aliphatic heterocycles. The topological polar surface area (TPSA) is 73.2 Å². The van der Waals surface area contributed by atoms with E-state index < -0.39 is 18.5 Å². The number of para-hydroxylation sites is 1. The lowest BCUT2D eigenvalue weighted by molar-refractivity contribution is -0.123. The Morgan fingerprint density at radius 1 is 1.07 bits per heavy atom. The second kappa shape index (κ2) is 8.50. The zero-order valence-corrected chi connectivity index (χ0v) is 14.5. The van der Waals surface area contributed by atoms with Gasteiger partial charge in [0.25, 0.3) is 5.91 Å². The van der Waals surface area contributed by atoms with E-state index in [0.29, 0.717) is 5.69 Å². The summed E-state index contributed by atoms with van der Waals surface area (Å²) >= 11 is 0. The second-order valence-corrected chi connectivity index (χ2v) is 5.59. The maximum absolute atomic E-state index is 12.6. The van der Waals surface area contributed by atoms with Crippen molar-refractivity contribution in [2.45, 2.75) is 0 Å². The van der Waals surface area contributed by atoms with Crippen LogP contribution in [0.5, 0.6) is 0 Å². The van der Waals surface area contributed by atoms with E-state index in [1.807, 2.05) is 60.7 Å². The van der Waals surface area contributed by atoms with Gasteiger partial charge in [0.15, 0.2) is 6.61 Å². The Morgan fingerprint density at radius 3 is 2.41 bits per heavy atom. The molecule has 0 bridgehead atoms. The first kappa shape index (κ1) is 18.0. The van der Waals surface area contributed by atoms with Gasteiger partial charge in [-0.25, -0.2) is 9.48 Å². The van der Waals surface area contributed by atoms with Crippen LogP contribution in [0.1, 0.15) is 10.4 Å². The number of rotatable bonds is 6. The van der Waals surface area contributed by atoms with E-state index in [1.165, 1.54) is 0 Å². The summed E-state index contributed by atoms with van der Waals surface area (Å²) in [4.78, 5) is 24.2. The number of hydrogen-bond donors (Lipinski definition) is 1. The van der Waals surface area contributed by atoms with Gasteiger partial charge in [0.2, 0.25) is 0 Å². The number of amides is 1. The molecule has 0 aliphatic carbocycles. The Kier molecular flexibility index (Phi) is 5.65. The monoisotopic (exact) mass is 359 g/mol. The van der Waals surface area contributed by atoms with Crippen LogP contribution < -0.4 is 5.32 Å². The fraction of sp³-hybridized carbons (Fsp3) is 0.0952. The molecule has 3 rings (SSSR count). The molecule has 0 saturated carbocycles. The standard InChI is InChI=1S/C21H17N3O3/c1-2-13-22-19(25)15-27-21(26)18-14-24(17-11-7-4-8-12-17)23-20(18)16-9-5-3-6-10-16/h1,3-12,14H,13,15H2,(H,22,25). The summed E-state index contributed by atoms with van der Waals surface area (Å²) in [6.07, 6.45) is 6.68. The first-order valence-electron chi connectivity index (χ1n) is 8.27. The number of terminal acetylenes is 1. The van der Waals surface area contributed by atoms with Crippen molar-refractivity contribution in [3.63, 3.8) is 0 Å². The van der Waals surface area contributed by atoms with E-state index in [1.54, 1.807) is 10.9 Å². The van der Waals surface area contributed by atoms with Crippen LogP contribution in [0.15, 0.2) is 66.9 Å². The molecule has 6 heteroatoms. The fourth-order valence-corrected chi connectivity index (χ4v) is 2.46. The lowest BCUT2D eigenvalue weighted by Gasteiger charge is -2.05. The molecule has 0 radical (unpaired) electrons. The third kappa shape index (κ3) is 4.41. The van der Waals surface area contributed by atoms with Crippen molar-refractivity contribution in [1.82, 2.24) is 15.1 Å². The van der Waals surface area contributed by atoms with Crippen molar-refractivity contribution < 1.29 is 14.3 Å². The minimum atomic E-state index is -0.633. The van der Waals surface area contributed by atoms with Crippen LogP contribution in [-0.4, -0.2) is 34.8 Å². The molecule has 6 nitrogen and oxygen atoms in total. The highest BCUT2D eigenvalue weighted by molar-refractivity contribution is 5.97. The predicted octanol–water partition coefficient (Wildman–Crippen LogP) is 2.45. The van der Waals surface area contributed by atoms with Crippen LogP contribution >= 0.6 is 0 Å². The van der Waals surface area contributed by atoms with Crippen molar-refractivity contribution in [3.05, 3.63) is 72.4 Å². The first-order chi connectivity index (χ1) is 13.2. The Morgan fingerprint density at radius 2 is 1.74 bits per heavy atom. The van der Waals surface area contributed by atoms with E-state index in [4.69, 9.17) is 11.2 Å². The van der Waals surface area contributed by atoms with Crippen LogP contribution in [0.3, 0.4) is 0 Å². The van der Waals surface area contributed by atoms with Crippen molar-refractivity contribution in [3.8, 4) is 29.3 Å². The molecule has 0 spiro atoms. The number of benzene rings is 2. The van der Waals surface area contributed by atoms with E-state index in [0.717, 1.165) is 11.3 Å². The number of hydrogen-bond acceptors (Lipinski definition) is 4. The molecule has 134 valence electrons. The van der Waals surface area contributed by atoms with Gasteiger partial charge < -0.3 is 10.1 Å². The van der Waals surface area contributed by atoms with Gasteiger partial charge in [0.1, 0.15) is 11.3 Å². The third-order valence-electron chi connectivity index (χ3n) is 3.72. The number of nitrogens with one attached hydrogen (secondary N) is 1. The van der Waals surface area contributed by atoms with Crippen LogP contribution in [0, 0.1) is 12.3 Å². The summed E-state index contributed by atoms with van der Waals surface area (Å²) in [5.41, 5.74) is 2.33. The van der Waals surface area contributed by atoms with E-state index >= 15 is 0 Å². The van der Waals surface area contributed by atoms with Gasteiger partial charge in [-0.2, -0.15) is 5.10 Å². The van der Waals surface area contributed by atoms with Gasteiger partial charge in [-0.15, -0.1) is 6.42 Å². The molecular weight excluding hydrogens is 342 g/mol. The summed E-state index contributed by atoms with van der Waals surface area (Å²) in [5.74, 6) is 1.19. The van der Waals surface area contributed by atoms with Crippen LogP contribution in [0.2, 0.25) is 0 Å². The van der Waals surface area contributed by atoms with E-state index in [-0.39, 0.29) is 12.1 Å². The van der Waals surface area contributed by atoms with Crippen LogP contribution in [0.4, 0.5) is 0 Å². The zero-order chi connectivity index (χ0) is 19.1. The molecule has 0 fully saturated rings. The van der Waals surface area contributed by atoms with Gasteiger partial charge in [0, 0.05) is 11.8 Å². The highest BCUT2D eigenvalue weighted by Crippen LogP contribution is 2.24. The number of carbonyl (C=O) groups excluding carboxylic acids is 2. The summed E-state index contributed by atoms with van der Waals surface area (Å²) in [6.45, 7) is -0.331. The van der Waals surface area contributed by atoms with Crippen LogP contribution in [-0.2, 0) is 9.53 Å². The quantitative estimate of drug-likeness (QED) is 0.542. The maximum Gasteiger partial charge on any atom is 0.342 e. The summed E-state index contributed by atoms with van der Waals surface area (Å²) in [6, 6.07) is 18.7. The molecule has 1 heterocycles. The fourth-order valence-electron chi connectivity index (χ4n) is 2.46. The van der Waals surface area contributed by atoms with Gasteiger partial charge in [-0.3, -0.25) is 4.79 Å². The van der Waals surface area contributed by atoms with Gasteiger partial charge >= 0.3 is 5.97 Å². The Balaban J connectivity index is 1.89. The van der Waals surface area contributed by atoms with Gasteiger partial charge in [-0.05, 0) is 12.1 Å². The molecule has 0 saturated heterocycles. The summed E-state index contributed by atoms with van der Waals surface area (Å²) in [7, 11) is 0. The van der Waals surface area contributed by atoms with E-state index in [2.05, 4.69) is 16.3 Å². The zero-order valence-electron chi connectivity index (χ0n) is 14.5. The Bertz CT molecular complexity index is 973. The molecule has 0 unspecified atom stereocenters. The third-order valence-corrected chi connectivity index (χ3v) is 3.72. The van der Waals surface area contributed by atoms with Gasteiger partial charge in [0.05, 0.1) is 12.2 Å². The maximum atomic E-state index is 12.6. The molecular formula is C21H17N3O3. The SMILES string of the molecule is C#CCNC(=O)COC(=O)c1cn(-c2ccccc2)nc1-c1ccccc1. The lowest BCUT2D eigenvalue weighted by Crippen LogP contribution is -2.29. The average Bonchev–Trinajstić information content (AvgIpc) is 3.17. The number of nitrogens with zero attached hydrogens (tertiary/aromatic N) is 2. The van der Waals surface area contributed by atoms with Gasteiger partial charge in [-0.1, -0.05) is 54.5 Å². The molecule has 3 aromatic rings. The molecule has 1 N–H and O–H groups in total. The first-order valence-corrected chi connectivity index (χ1v) is 8.27. The molecule has 0 atom stereocenters. The highest BCUT2D eigenvalue weighted by Gasteiger charge is 2.20. The minimum absolute atomic E-state index is 0.0809. The van der Waals surface area contributed by atoms with E-state index in [9.17, 15) is 9.59 Å². The van der Waals surface area contributed by atoms with Crippen molar-refractivity contribution in [1.29, 1.82) is 0 Å². The normalized spacial score (nSPS) is 10.0. The van der Waals surface area contributed by atoms with Crippen molar-refractivity contribution >= 4 is 11.9 Å². The predicted molar refractivity (Wildman–Crippen MR) is 101 cm³/mol. The van der Waals surface area contributed by atoms with Crippen LogP contribution in [0.25, 0.3) is 16.9 Å². The molecule has 0 aliphatic rings. The lowest BCUT2D eigenvalue weighted by atomic mass is 10.1. The smallest absolute Gasteiger partial charge is 0.342 e. The second-order valence-electron chi connectivity index (χ2n) is 5.59. The molecule has 2 aromatic carbocycles. The highest BCUT2D eigenvalue weighted by atomic mass is 16.5. The summed E-state index contributed by atoms with van der Waals surface area (Å²) < 4.78 is 6.73. The molecule has 1 aromatic heterocycles. The minimum Gasteiger partial charge on any atom is -0.452 e. The average molecular weight is 359 g/mol. The Hall–Kier alpha value is -3.85. The Labute approximate surface area is 156 Å². The molecule has 27 heavy (non-hydrogen) atoms. The largest absolute Gasteiger partial charge is 0.452 e. The number of aromatic nitrogens is 2. The number of esters is 1. The van der Waals surface area contributed by atoms with Crippen molar-refractivity contribution in [2.24, 2.45) is 0 Å². The van der Waals surface area contributed by atoms with Crippen molar-refractivity contribution in [2.75, 3.05) is 13.2 Å².